The monoisotopic (exact) mass is 545 g/mol. The van der Waals surface area contributed by atoms with Crippen LogP contribution >= 0.6 is 0 Å². The Hall–Kier alpha value is -4.79. The van der Waals surface area contributed by atoms with E-state index in [0.29, 0.717) is 11.3 Å². The third-order valence-electron chi connectivity index (χ3n) is 5.55. The number of carbonyl (C=O) groups excluding carboxylic acids is 4. The molecule has 15 heteroatoms. The summed E-state index contributed by atoms with van der Waals surface area (Å²) in [5, 5.41) is 25.8. The number of H-pyrrole nitrogens is 1. The largest absolute Gasteiger partial charge is 0.481 e. The number of aliphatic carboxylic acids is 2. The lowest BCUT2D eigenvalue weighted by molar-refractivity contribution is -0.143. The predicted molar refractivity (Wildman–Crippen MR) is 135 cm³/mol. The van der Waals surface area contributed by atoms with Crippen LogP contribution in [0.4, 0.5) is 0 Å². The van der Waals surface area contributed by atoms with Crippen molar-refractivity contribution in [3.63, 3.8) is 0 Å². The van der Waals surface area contributed by atoms with Gasteiger partial charge < -0.3 is 42.6 Å². The van der Waals surface area contributed by atoms with Gasteiger partial charge in [-0.15, -0.1) is 0 Å². The van der Waals surface area contributed by atoms with Crippen LogP contribution in [-0.4, -0.2) is 79.9 Å². The molecular formula is C24H31N7O8. The number of imidazole rings is 1. The molecule has 0 aliphatic carbocycles. The van der Waals surface area contributed by atoms with Gasteiger partial charge in [0.2, 0.25) is 23.6 Å². The van der Waals surface area contributed by atoms with Gasteiger partial charge in [0.25, 0.3) is 0 Å². The molecule has 4 unspecified atom stereocenters. The van der Waals surface area contributed by atoms with Gasteiger partial charge in [-0.1, -0.05) is 30.3 Å². The van der Waals surface area contributed by atoms with Gasteiger partial charge in [-0.3, -0.25) is 24.0 Å². The molecule has 0 fully saturated rings. The SMILES string of the molecule is NC(=O)CC(N)C(=O)NC(Cc1ccccc1)C(=O)NC(CCC(=O)O)C(=O)NC(Cc1cnc[nH]1)C(=O)O. The first-order chi connectivity index (χ1) is 18.5. The van der Waals surface area contributed by atoms with Crippen molar-refractivity contribution in [2.45, 2.75) is 56.3 Å². The number of carboxylic acid groups (broad SMARTS) is 2. The Bertz CT molecular complexity index is 1160. The van der Waals surface area contributed by atoms with Gasteiger partial charge in [0.15, 0.2) is 0 Å². The second kappa shape index (κ2) is 14.8. The van der Waals surface area contributed by atoms with Crippen LogP contribution in [0.15, 0.2) is 42.9 Å². The molecule has 210 valence electrons. The summed E-state index contributed by atoms with van der Waals surface area (Å²) < 4.78 is 0. The molecule has 0 aliphatic rings. The highest BCUT2D eigenvalue weighted by molar-refractivity contribution is 5.95. The molecule has 0 saturated heterocycles. The van der Waals surface area contributed by atoms with Crippen LogP contribution in [0.25, 0.3) is 0 Å². The number of benzene rings is 1. The van der Waals surface area contributed by atoms with E-state index in [1.165, 1.54) is 12.5 Å². The van der Waals surface area contributed by atoms with Gasteiger partial charge in [0.05, 0.1) is 18.8 Å². The number of rotatable bonds is 16. The fourth-order valence-electron chi connectivity index (χ4n) is 3.54. The summed E-state index contributed by atoms with van der Waals surface area (Å²) >= 11 is 0. The molecule has 0 bridgehead atoms. The molecule has 0 radical (unpaired) electrons. The van der Waals surface area contributed by atoms with E-state index < -0.39 is 72.6 Å². The van der Waals surface area contributed by atoms with Crippen LogP contribution in [0.1, 0.15) is 30.5 Å². The Morgan fingerprint density at radius 2 is 1.49 bits per heavy atom. The summed E-state index contributed by atoms with van der Waals surface area (Å²) in [4.78, 5) is 79.3. The van der Waals surface area contributed by atoms with E-state index in [-0.39, 0.29) is 19.3 Å². The van der Waals surface area contributed by atoms with Crippen molar-refractivity contribution >= 4 is 35.6 Å². The maximum atomic E-state index is 13.2. The van der Waals surface area contributed by atoms with E-state index >= 15 is 0 Å². The summed E-state index contributed by atoms with van der Waals surface area (Å²) in [6.07, 6.45) is 1.18. The number of primary amides is 1. The fourth-order valence-corrected chi connectivity index (χ4v) is 3.54. The minimum Gasteiger partial charge on any atom is -0.481 e. The van der Waals surface area contributed by atoms with Crippen LogP contribution in [-0.2, 0) is 41.6 Å². The lowest BCUT2D eigenvalue weighted by Gasteiger charge is -2.25. The second-order valence-corrected chi connectivity index (χ2v) is 8.70. The van der Waals surface area contributed by atoms with E-state index in [1.807, 2.05) is 0 Å². The Morgan fingerprint density at radius 1 is 0.872 bits per heavy atom. The second-order valence-electron chi connectivity index (χ2n) is 8.70. The Morgan fingerprint density at radius 3 is 2.05 bits per heavy atom. The van der Waals surface area contributed by atoms with Gasteiger partial charge >= 0.3 is 11.9 Å². The fraction of sp³-hybridized carbons (Fsp3) is 0.375. The van der Waals surface area contributed by atoms with Crippen LogP contribution < -0.4 is 27.4 Å². The zero-order chi connectivity index (χ0) is 28.9. The third-order valence-corrected chi connectivity index (χ3v) is 5.55. The third kappa shape index (κ3) is 10.6. The number of nitrogens with zero attached hydrogens (tertiary/aromatic N) is 1. The average molecular weight is 546 g/mol. The number of carbonyl (C=O) groups is 6. The summed E-state index contributed by atoms with van der Waals surface area (Å²) in [7, 11) is 0. The standard InChI is InChI=1S/C24H31N7O8/c25-15(10-19(26)32)21(35)30-17(8-13-4-2-1-3-5-13)23(37)29-16(6-7-20(33)34)22(36)31-18(24(38)39)9-14-11-27-12-28-14/h1-5,11-12,15-18H,6-10,25H2,(H2,26,32)(H,27,28)(H,29,37)(H,30,35)(H,31,36)(H,33,34)(H,38,39). The lowest BCUT2D eigenvalue weighted by Crippen LogP contribution is -2.58. The Labute approximate surface area is 222 Å². The van der Waals surface area contributed by atoms with Gasteiger partial charge in [0, 0.05) is 31.2 Å². The van der Waals surface area contributed by atoms with E-state index in [4.69, 9.17) is 16.6 Å². The van der Waals surface area contributed by atoms with Crippen molar-refractivity contribution in [1.82, 2.24) is 25.9 Å². The number of hydrogen-bond donors (Lipinski definition) is 8. The molecule has 0 spiro atoms. The normalized spacial score (nSPS) is 13.8. The molecule has 0 saturated carbocycles. The van der Waals surface area contributed by atoms with Crippen molar-refractivity contribution in [2.75, 3.05) is 0 Å². The Balaban J connectivity index is 2.23. The molecule has 39 heavy (non-hydrogen) atoms. The van der Waals surface area contributed by atoms with Gasteiger partial charge in [-0.05, 0) is 12.0 Å². The Kier molecular flexibility index (Phi) is 11.6. The zero-order valence-electron chi connectivity index (χ0n) is 20.8. The molecule has 15 nitrogen and oxygen atoms in total. The van der Waals surface area contributed by atoms with Crippen molar-refractivity contribution in [3.8, 4) is 0 Å². The predicted octanol–water partition coefficient (Wildman–Crippen LogP) is -2.20. The van der Waals surface area contributed by atoms with E-state index in [1.54, 1.807) is 30.3 Å². The molecule has 2 aromatic rings. The highest BCUT2D eigenvalue weighted by atomic mass is 16.4. The minimum atomic E-state index is -1.45. The van der Waals surface area contributed by atoms with Crippen molar-refractivity contribution in [2.24, 2.45) is 11.5 Å². The number of aromatic amines is 1. The number of nitrogens with two attached hydrogens (primary N) is 2. The van der Waals surface area contributed by atoms with Crippen LogP contribution in [0.3, 0.4) is 0 Å². The number of hydrogen-bond acceptors (Lipinski definition) is 8. The topological polar surface area (TPSA) is 260 Å². The molecule has 2 rings (SSSR count). The molecule has 1 heterocycles. The minimum absolute atomic E-state index is 0.0352. The number of carboxylic acids is 2. The molecule has 0 aliphatic heterocycles. The maximum Gasteiger partial charge on any atom is 0.326 e. The number of aromatic nitrogens is 2. The molecule has 1 aromatic heterocycles. The van der Waals surface area contributed by atoms with E-state index in [2.05, 4.69) is 25.9 Å². The van der Waals surface area contributed by atoms with E-state index in [9.17, 15) is 33.9 Å². The van der Waals surface area contributed by atoms with E-state index in [0.717, 1.165) is 0 Å². The number of nitrogens with one attached hydrogen (secondary N) is 4. The number of amides is 4. The van der Waals surface area contributed by atoms with Gasteiger partial charge in [-0.2, -0.15) is 0 Å². The zero-order valence-corrected chi connectivity index (χ0v) is 20.8. The smallest absolute Gasteiger partial charge is 0.326 e. The molecule has 10 N–H and O–H groups in total. The lowest BCUT2D eigenvalue weighted by atomic mass is 10.0. The summed E-state index contributed by atoms with van der Waals surface area (Å²) in [5.41, 5.74) is 11.8. The molecule has 1 aromatic carbocycles. The van der Waals surface area contributed by atoms with Crippen molar-refractivity contribution in [3.05, 3.63) is 54.1 Å². The summed E-state index contributed by atoms with van der Waals surface area (Å²) in [6.45, 7) is 0. The summed E-state index contributed by atoms with van der Waals surface area (Å²) in [6, 6.07) is 3.07. The first kappa shape index (κ1) is 30.4. The van der Waals surface area contributed by atoms with Gasteiger partial charge in [0.1, 0.15) is 18.1 Å². The van der Waals surface area contributed by atoms with Gasteiger partial charge in [-0.25, -0.2) is 9.78 Å². The maximum absolute atomic E-state index is 13.2. The molecular weight excluding hydrogens is 514 g/mol. The average Bonchev–Trinajstić information content (AvgIpc) is 3.38. The van der Waals surface area contributed by atoms with Crippen LogP contribution in [0.2, 0.25) is 0 Å². The first-order valence-corrected chi connectivity index (χ1v) is 11.9. The van der Waals surface area contributed by atoms with Crippen LogP contribution in [0.5, 0.6) is 0 Å². The van der Waals surface area contributed by atoms with Crippen LogP contribution in [0, 0.1) is 0 Å². The quantitative estimate of drug-likeness (QED) is 0.113. The molecule has 4 atom stereocenters. The first-order valence-electron chi connectivity index (χ1n) is 11.9. The molecule has 4 amide bonds. The van der Waals surface area contributed by atoms with Crippen molar-refractivity contribution < 1.29 is 39.0 Å². The highest BCUT2D eigenvalue weighted by Gasteiger charge is 2.31. The highest BCUT2D eigenvalue weighted by Crippen LogP contribution is 2.07. The summed E-state index contributed by atoms with van der Waals surface area (Å²) in [5.74, 6) is -6.08. The van der Waals surface area contributed by atoms with Crippen molar-refractivity contribution in [1.29, 1.82) is 0 Å².